The number of amides is 1. The van der Waals surface area contributed by atoms with Gasteiger partial charge in [0.05, 0.1) is 10.8 Å². The third-order valence-electron chi connectivity index (χ3n) is 3.60. The third-order valence-corrected chi connectivity index (χ3v) is 5.76. The van der Waals surface area contributed by atoms with Crippen LogP contribution in [0.2, 0.25) is 0 Å². The van der Waals surface area contributed by atoms with Crippen LogP contribution in [0.3, 0.4) is 0 Å². The van der Waals surface area contributed by atoms with E-state index in [-0.39, 0.29) is 12.7 Å². The molecule has 1 aromatic carbocycles. The molecular weight excluding hydrogens is 344 g/mol. The minimum atomic E-state index is 0.0109. The van der Waals surface area contributed by atoms with Crippen molar-refractivity contribution in [2.24, 2.45) is 0 Å². The fraction of sp³-hybridized carbons (Fsp3) is 0.353. The maximum atomic E-state index is 12.1. The van der Waals surface area contributed by atoms with Crippen LogP contribution in [0, 0.1) is 0 Å². The lowest BCUT2D eigenvalue weighted by Crippen LogP contribution is -2.34. The van der Waals surface area contributed by atoms with Crippen molar-refractivity contribution >= 4 is 29.0 Å². The molecule has 1 N–H and O–H groups in total. The number of nitrogens with one attached hydrogen (secondary N) is 1. The lowest BCUT2D eigenvalue weighted by molar-refractivity contribution is -0.122. The first-order chi connectivity index (χ1) is 11.6. The molecule has 0 radical (unpaired) electrons. The Morgan fingerprint density at radius 1 is 1.29 bits per heavy atom. The van der Waals surface area contributed by atoms with Crippen molar-refractivity contribution in [3.8, 4) is 11.5 Å². The topological polar surface area (TPSA) is 50.8 Å². The van der Waals surface area contributed by atoms with Crippen LogP contribution in [0.15, 0.2) is 34.5 Å². The van der Waals surface area contributed by atoms with Gasteiger partial charge < -0.3 is 14.8 Å². The van der Waals surface area contributed by atoms with Gasteiger partial charge in [-0.3, -0.25) is 9.69 Å². The van der Waals surface area contributed by atoms with E-state index >= 15 is 0 Å². The second kappa shape index (κ2) is 7.92. The molecule has 0 aliphatic carbocycles. The highest BCUT2D eigenvalue weighted by Crippen LogP contribution is 2.32. The van der Waals surface area contributed by atoms with Crippen molar-refractivity contribution in [3.63, 3.8) is 0 Å². The Morgan fingerprint density at radius 3 is 2.92 bits per heavy atom. The predicted molar refractivity (Wildman–Crippen MR) is 96.8 cm³/mol. The summed E-state index contributed by atoms with van der Waals surface area (Å²) in [5.74, 6) is 1.50. The van der Waals surface area contributed by atoms with Gasteiger partial charge in [0.2, 0.25) is 12.7 Å². The number of hydrogen-bond donors (Lipinski definition) is 1. The fourth-order valence-corrected chi connectivity index (χ4v) is 4.10. The molecule has 0 saturated carbocycles. The molecule has 0 fully saturated rings. The molecule has 3 rings (SSSR count). The highest BCUT2D eigenvalue weighted by molar-refractivity contribution is 8.00. The highest BCUT2D eigenvalue weighted by atomic mass is 32.2. The fourth-order valence-electron chi connectivity index (χ4n) is 2.43. The average molecular weight is 364 g/mol. The third kappa shape index (κ3) is 4.43. The molecule has 0 saturated heterocycles. The van der Waals surface area contributed by atoms with Gasteiger partial charge >= 0.3 is 0 Å². The number of carbonyl (C=O) groups excluding carboxylic acids is 1. The van der Waals surface area contributed by atoms with Gasteiger partial charge in [-0.1, -0.05) is 6.07 Å². The van der Waals surface area contributed by atoms with Gasteiger partial charge in [-0.2, -0.15) is 0 Å². The molecule has 5 nitrogen and oxygen atoms in total. The average Bonchev–Trinajstić information content (AvgIpc) is 3.20. The number of hydrogen-bond acceptors (Lipinski definition) is 6. The number of nitrogens with zero attached hydrogens (tertiary/aromatic N) is 1. The van der Waals surface area contributed by atoms with Gasteiger partial charge in [0.1, 0.15) is 0 Å². The summed E-state index contributed by atoms with van der Waals surface area (Å²) in [7, 11) is 1.96. The molecule has 2 heterocycles. The van der Waals surface area contributed by atoms with Crippen LogP contribution in [0.1, 0.15) is 10.4 Å². The number of thiophene rings is 1. The Labute approximate surface area is 149 Å². The van der Waals surface area contributed by atoms with Gasteiger partial charge in [0, 0.05) is 18.0 Å². The molecule has 7 heteroatoms. The number of fused-ring (bicyclic) bond motifs is 1. The number of carbonyl (C=O) groups is 1. The number of benzene rings is 1. The van der Waals surface area contributed by atoms with E-state index in [9.17, 15) is 4.79 Å². The zero-order valence-corrected chi connectivity index (χ0v) is 15.3. The molecule has 1 aliphatic rings. The standard InChI is InChI=1S/C17H20N2O3S2/c1-19(9-13-4-6-17(23-2)24-13)10-16(20)18-8-12-3-5-14-15(7-12)22-11-21-14/h3-7H,8-11H2,1-2H3,(H,18,20). The zero-order valence-electron chi connectivity index (χ0n) is 13.7. The van der Waals surface area contributed by atoms with Crippen molar-refractivity contribution in [2.45, 2.75) is 17.3 Å². The van der Waals surface area contributed by atoms with E-state index in [1.54, 1.807) is 23.1 Å². The van der Waals surface area contributed by atoms with Crippen molar-refractivity contribution in [1.29, 1.82) is 0 Å². The second-order valence-electron chi connectivity index (χ2n) is 5.56. The summed E-state index contributed by atoms with van der Waals surface area (Å²) in [6, 6.07) is 9.96. The Hall–Kier alpha value is -1.70. The zero-order chi connectivity index (χ0) is 16.9. The molecule has 128 valence electrons. The minimum Gasteiger partial charge on any atom is -0.454 e. The first-order valence-electron chi connectivity index (χ1n) is 7.60. The number of thioether (sulfide) groups is 1. The molecule has 0 bridgehead atoms. The van der Waals surface area contributed by atoms with Gasteiger partial charge in [0.25, 0.3) is 0 Å². The Morgan fingerprint density at radius 2 is 2.12 bits per heavy atom. The van der Waals surface area contributed by atoms with Crippen molar-refractivity contribution < 1.29 is 14.3 Å². The van der Waals surface area contributed by atoms with Gasteiger partial charge in [-0.25, -0.2) is 0 Å². The quantitative estimate of drug-likeness (QED) is 0.766. The van der Waals surface area contributed by atoms with E-state index in [0.717, 1.165) is 23.6 Å². The Balaban J connectivity index is 1.45. The molecule has 1 aliphatic heterocycles. The lowest BCUT2D eigenvalue weighted by atomic mass is 10.2. The summed E-state index contributed by atoms with van der Waals surface area (Å²) >= 11 is 3.52. The van der Waals surface area contributed by atoms with E-state index < -0.39 is 0 Å². The van der Waals surface area contributed by atoms with Crippen LogP contribution < -0.4 is 14.8 Å². The maximum Gasteiger partial charge on any atom is 0.234 e. The number of rotatable bonds is 7. The van der Waals surface area contributed by atoms with Gasteiger partial charge in [-0.15, -0.1) is 23.1 Å². The lowest BCUT2D eigenvalue weighted by Gasteiger charge is -2.15. The van der Waals surface area contributed by atoms with E-state index in [1.807, 2.05) is 30.1 Å². The molecule has 0 unspecified atom stereocenters. The van der Waals surface area contributed by atoms with Gasteiger partial charge in [0.15, 0.2) is 11.5 Å². The first kappa shape index (κ1) is 17.1. The van der Waals surface area contributed by atoms with Crippen LogP contribution in [0.25, 0.3) is 0 Å². The van der Waals surface area contributed by atoms with Crippen LogP contribution in [-0.2, 0) is 17.9 Å². The molecular formula is C17H20N2O3S2. The minimum absolute atomic E-state index is 0.0109. The molecule has 1 aromatic heterocycles. The van der Waals surface area contributed by atoms with E-state index in [1.165, 1.54) is 9.09 Å². The van der Waals surface area contributed by atoms with E-state index in [2.05, 4.69) is 23.7 Å². The van der Waals surface area contributed by atoms with E-state index in [4.69, 9.17) is 9.47 Å². The molecule has 24 heavy (non-hydrogen) atoms. The van der Waals surface area contributed by atoms with E-state index in [0.29, 0.717) is 13.1 Å². The van der Waals surface area contributed by atoms with Crippen molar-refractivity contribution in [3.05, 3.63) is 40.8 Å². The molecule has 0 spiro atoms. The van der Waals surface area contributed by atoms with Crippen molar-refractivity contribution in [1.82, 2.24) is 10.2 Å². The van der Waals surface area contributed by atoms with Gasteiger partial charge in [-0.05, 0) is 43.1 Å². The van der Waals surface area contributed by atoms with Crippen LogP contribution in [0.5, 0.6) is 11.5 Å². The first-order valence-corrected chi connectivity index (χ1v) is 9.64. The summed E-state index contributed by atoms with van der Waals surface area (Å²) < 4.78 is 11.9. The second-order valence-corrected chi connectivity index (χ2v) is 7.84. The summed E-state index contributed by atoms with van der Waals surface area (Å²) in [6.45, 7) is 1.90. The normalized spacial score (nSPS) is 12.6. The Bertz CT molecular complexity index is 718. The number of likely N-dealkylation sites (N-methyl/N-ethyl adjacent to an activating group) is 1. The summed E-state index contributed by atoms with van der Waals surface area (Å²) in [4.78, 5) is 15.4. The predicted octanol–water partition coefficient (Wildman–Crippen LogP) is 2.95. The van der Waals surface area contributed by atoms with Crippen LogP contribution in [0.4, 0.5) is 0 Å². The summed E-state index contributed by atoms with van der Waals surface area (Å²) in [6.07, 6.45) is 2.07. The SMILES string of the molecule is CSc1ccc(CN(C)CC(=O)NCc2ccc3c(c2)OCO3)s1. The van der Waals surface area contributed by atoms with Crippen LogP contribution in [-0.4, -0.2) is 37.4 Å². The van der Waals surface area contributed by atoms with Crippen molar-refractivity contribution in [2.75, 3.05) is 26.6 Å². The molecule has 1 amide bonds. The number of ether oxygens (including phenoxy) is 2. The maximum absolute atomic E-state index is 12.1. The molecule has 2 aromatic rings. The Kier molecular flexibility index (Phi) is 5.65. The molecule has 0 atom stereocenters. The summed E-state index contributed by atoms with van der Waals surface area (Å²) in [5, 5.41) is 2.95. The highest BCUT2D eigenvalue weighted by Gasteiger charge is 2.14. The van der Waals surface area contributed by atoms with Crippen LogP contribution >= 0.6 is 23.1 Å². The largest absolute Gasteiger partial charge is 0.454 e. The monoisotopic (exact) mass is 364 g/mol. The smallest absolute Gasteiger partial charge is 0.234 e. The summed E-state index contributed by atoms with van der Waals surface area (Å²) in [5.41, 5.74) is 0.998.